The molecule has 0 saturated carbocycles. The zero-order chi connectivity index (χ0) is 24.6. The third-order valence-corrected chi connectivity index (χ3v) is 4.44. The quantitative estimate of drug-likeness (QED) is 0.263. The van der Waals surface area contributed by atoms with E-state index in [1.54, 1.807) is 6.92 Å². The molecule has 0 aliphatic carbocycles. The molecule has 0 saturated heterocycles. The van der Waals surface area contributed by atoms with Gasteiger partial charge in [0.25, 0.3) is 0 Å². The Hall–Kier alpha value is -3.37. The van der Waals surface area contributed by atoms with E-state index < -0.39 is 63.9 Å². The first-order chi connectivity index (χ1) is 15.3. The van der Waals surface area contributed by atoms with E-state index in [2.05, 4.69) is 9.47 Å². The summed E-state index contributed by atoms with van der Waals surface area (Å²) in [5.74, 6) is -10.3. The van der Waals surface area contributed by atoms with Crippen LogP contribution in [0.25, 0.3) is 0 Å². The number of hydrogen-bond acceptors (Lipinski definition) is 2. The first kappa shape index (κ1) is 24.3. The van der Waals surface area contributed by atoms with Crippen LogP contribution in [0.15, 0.2) is 48.5 Å². The molecule has 0 atom stereocenters. The van der Waals surface area contributed by atoms with Gasteiger partial charge in [0.2, 0.25) is 0 Å². The summed E-state index contributed by atoms with van der Waals surface area (Å²) in [4.78, 5) is 0. The Morgan fingerprint density at radius 1 is 0.636 bits per heavy atom. The molecule has 3 aromatic rings. The van der Waals surface area contributed by atoms with Gasteiger partial charge in [-0.3, -0.25) is 0 Å². The van der Waals surface area contributed by atoms with E-state index in [0.29, 0.717) is 24.3 Å². The number of alkyl halides is 4. The van der Waals surface area contributed by atoms with Crippen LogP contribution >= 0.6 is 0 Å². The van der Waals surface area contributed by atoms with Crippen LogP contribution in [0, 0.1) is 29.1 Å². The molecule has 176 valence electrons. The Morgan fingerprint density at radius 2 is 1.12 bits per heavy atom. The van der Waals surface area contributed by atoms with E-state index >= 15 is 0 Å². The summed E-state index contributed by atoms with van der Waals surface area (Å²) in [6.45, 7) is 1.56. The maximum absolute atomic E-state index is 14.4. The minimum Gasteiger partial charge on any atom is -0.429 e. The second-order valence-corrected chi connectivity index (χ2v) is 6.75. The summed E-state index contributed by atoms with van der Waals surface area (Å²) >= 11 is 0. The fourth-order valence-electron chi connectivity index (χ4n) is 2.82. The highest BCUT2D eigenvalue weighted by atomic mass is 19.3. The van der Waals surface area contributed by atoms with Crippen molar-refractivity contribution in [3.8, 4) is 11.5 Å². The zero-order valence-electron chi connectivity index (χ0n) is 16.5. The number of halogens is 9. The molecular formula is C22H13F9O2. The summed E-state index contributed by atoms with van der Waals surface area (Å²) in [6.07, 6.45) is -8.51. The Labute approximate surface area is 181 Å². The van der Waals surface area contributed by atoms with Crippen LogP contribution < -0.4 is 9.47 Å². The molecule has 0 unspecified atom stereocenters. The molecule has 0 radical (unpaired) electrons. The maximum Gasteiger partial charge on any atom is 0.432 e. The molecule has 0 heterocycles. The lowest BCUT2D eigenvalue weighted by atomic mass is 10.1. The van der Waals surface area contributed by atoms with Gasteiger partial charge in [-0.05, 0) is 48.4 Å². The largest absolute Gasteiger partial charge is 0.432 e. The van der Waals surface area contributed by atoms with E-state index in [4.69, 9.17) is 0 Å². The van der Waals surface area contributed by atoms with Gasteiger partial charge in [-0.25, -0.2) is 22.0 Å². The topological polar surface area (TPSA) is 18.5 Å². The van der Waals surface area contributed by atoms with Crippen molar-refractivity contribution in [3.05, 3.63) is 94.3 Å². The zero-order valence-corrected chi connectivity index (χ0v) is 16.5. The summed E-state index contributed by atoms with van der Waals surface area (Å²) in [5.41, 5.74) is -2.47. The van der Waals surface area contributed by atoms with Crippen LogP contribution in [0.4, 0.5) is 39.5 Å². The van der Waals surface area contributed by atoms with E-state index in [1.807, 2.05) is 0 Å². The van der Waals surface area contributed by atoms with Gasteiger partial charge in [-0.15, -0.1) is 0 Å². The fourth-order valence-corrected chi connectivity index (χ4v) is 2.82. The van der Waals surface area contributed by atoms with Gasteiger partial charge in [0.05, 0.1) is 5.56 Å². The van der Waals surface area contributed by atoms with E-state index in [-0.39, 0.29) is 24.1 Å². The predicted molar refractivity (Wildman–Crippen MR) is 97.5 cm³/mol. The molecule has 3 aromatic carbocycles. The number of ether oxygens (including phenoxy) is 2. The highest BCUT2D eigenvalue weighted by Gasteiger charge is 2.41. The van der Waals surface area contributed by atoms with E-state index in [1.165, 1.54) is 0 Å². The summed E-state index contributed by atoms with van der Waals surface area (Å²) in [5, 5.41) is 0. The molecular weight excluding hydrogens is 467 g/mol. The van der Waals surface area contributed by atoms with Crippen LogP contribution in [-0.2, 0) is 18.6 Å². The minimum atomic E-state index is -4.48. The van der Waals surface area contributed by atoms with Crippen molar-refractivity contribution >= 4 is 0 Å². The van der Waals surface area contributed by atoms with Gasteiger partial charge >= 0.3 is 12.2 Å². The first-order valence-corrected chi connectivity index (χ1v) is 9.21. The lowest BCUT2D eigenvalue weighted by Crippen LogP contribution is -2.25. The smallest absolute Gasteiger partial charge is 0.429 e. The van der Waals surface area contributed by atoms with Crippen molar-refractivity contribution in [3.63, 3.8) is 0 Å². The average molecular weight is 480 g/mol. The maximum atomic E-state index is 14.4. The van der Waals surface area contributed by atoms with Crippen molar-refractivity contribution in [2.24, 2.45) is 0 Å². The number of rotatable bonds is 7. The third-order valence-electron chi connectivity index (χ3n) is 4.44. The summed E-state index contributed by atoms with van der Waals surface area (Å²) in [7, 11) is 0. The van der Waals surface area contributed by atoms with Crippen molar-refractivity contribution in [1.82, 2.24) is 0 Å². The predicted octanol–water partition coefficient (Wildman–Crippen LogP) is 7.20. The summed E-state index contributed by atoms with van der Waals surface area (Å²) < 4.78 is 133. The average Bonchev–Trinajstić information content (AvgIpc) is 2.70. The molecule has 0 amide bonds. The Bertz CT molecular complexity index is 1120. The van der Waals surface area contributed by atoms with E-state index in [0.717, 1.165) is 12.1 Å². The molecule has 0 aliphatic rings. The molecule has 0 bridgehead atoms. The van der Waals surface area contributed by atoms with Gasteiger partial charge in [0.15, 0.2) is 17.5 Å². The van der Waals surface area contributed by atoms with Crippen LogP contribution in [0.2, 0.25) is 0 Å². The second kappa shape index (κ2) is 8.87. The van der Waals surface area contributed by atoms with Crippen molar-refractivity contribution in [2.45, 2.75) is 25.6 Å². The number of aryl methyl sites for hydroxylation is 1. The highest BCUT2D eigenvalue weighted by Crippen LogP contribution is 2.37. The molecule has 0 aromatic heterocycles. The normalized spacial score (nSPS) is 12.1. The minimum absolute atomic E-state index is 0.136. The Kier molecular flexibility index (Phi) is 6.53. The fraction of sp³-hybridized carbons (Fsp3) is 0.182. The molecule has 11 heteroatoms. The third kappa shape index (κ3) is 5.18. The lowest BCUT2D eigenvalue weighted by molar-refractivity contribution is -0.190. The molecule has 33 heavy (non-hydrogen) atoms. The monoisotopic (exact) mass is 480 g/mol. The molecule has 3 rings (SSSR count). The lowest BCUT2D eigenvalue weighted by Gasteiger charge is -2.21. The van der Waals surface area contributed by atoms with Gasteiger partial charge in [0, 0.05) is 12.1 Å². The van der Waals surface area contributed by atoms with Gasteiger partial charge < -0.3 is 9.47 Å². The van der Waals surface area contributed by atoms with Crippen LogP contribution in [-0.4, -0.2) is 0 Å². The van der Waals surface area contributed by atoms with Gasteiger partial charge in [-0.1, -0.05) is 6.92 Å². The highest BCUT2D eigenvalue weighted by molar-refractivity contribution is 5.33. The number of benzene rings is 3. The molecule has 0 aliphatic heterocycles. The SMILES string of the molecule is CCc1cc(F)c(C(F)(F)Oc2ccc(C(F)(F)Oc3cc(F)c(F)c(F)c3)cc2)c(F)c1. The van der Waals surface area contributed by atoms with Crippen LogP contribution in [0.5, 0.6) is 11.5 Å². The summed E-state index contributed by atoms with van der Waals surface area (Å²) in [6, 6.07) is 4.26. The van der Waals surface area contributed by atoms with Crippen molar-refractivity contribution in [1.29, 1.82) is 0 Å². The molecule has 0 N–H and O–H groups in total. The number of hydrogen-bond donors (Lipinski definition) is 0. The Morgan fingerprint density at radius 3 is 1.61 bits per heavy atom. The van der Waals surface area contributed by atoms with Crippen LogP contribution in [0.1, 0.15) is 23.6 Å². The molecule has 0 spiro atoms. The van der Waals surface area contributed by atoms with Crippen LogP contribution in [0.3, 0.4) is 0 Å². The van der Waals surface area contributed by atoms with Gasteiger partial charge in [-0.2, -0.15) is 17.6 Å². The van der Waals surface area contributed by atoms with E-state index in [9.17, 15) is 39.5 Å². The molecule has 2 nitrogen and oxygen atoms in total. The molecule has 0 fully saturated rings. The second-order valence-electron chi connectivity index (χ2n) is 6.75. The first-order valence-electron chi connectivity index (χ1n) is 9.21. The Balaban J connectivity index is 1.81. The van der Waals surface area contributed by atoms with Crippen molar-refractivity contribution in [2.75, 3.05) is 0 Å². The van der Waals surface area contributed by atoms with Crippen molar-refractivity contribution < 1.29 is 49.0 Å². The van der Waals surface area contributed by atoms with Gasteiger partial charge in [0.1, 0.15) is 28.7 Å². The standard InChI is InChI=1S/C22H13F9O2/c1-2-11-7-15(23)19(16(24)8-11)22(30,31)32-13-5-3-12(4-6-13)21(28,29)33-14-9-17(25)20(27)18(26)10-14/h3-10H,2H2,1H3.